The number of amides is 1. The van der Waals surface area contributed by atoms with Gasteiger partial charge in [0.1, 0.15) is 6.61 Å². The molecule has 6 heteroatoms. The molecular weight excluding hydrogens is 282 g/mol. The van der Waals surface area contributed by atoms with Crippen molar-refractivity contribution in [1.82, 2.24) is 4.90 Å². The summed E-state index contributed by atoms with van der Waals surface area (Å²) in [7, 11) is 0. The third-order valence-electron chi connectivity index (χ3n) is 3.19. The Bertz CT molecular complexity index is 488. The van der Waals surface area contributed by atoms with Crippen LogP contribution in [0.2, 0.25) is 5.02 Å². The molecule has 1 aromatic rings. The van der Waals surface area contributed by atoms with E-state index in [9.17, 15) is 9.59 Å². The average molecular weight is 298 g/mol. The van der Waals surface area contributed by atoms with Gasteiger partial charge in [-0.1, -0.05) is 23.7 Å². The van der Waals surface area contributed by atoms with Crippen molar-refractivity contribution in [2.24, 2.45) is 0 Å². The third-order valence-corrected chi connectivity index (χ3v) is 3.44. The highest BCUT2D eigenvalue weighted by molar-refractivity contribution is 6.30. The molecule has 108 valence electrons. The maximum Gasteiger partial charge on any atom is 0.303 e. The molecule has 0 aliphatic carbocycles. The van der Waals surface area contributed by atoms with E-state index in [-0.39, 0.29) is 25.0 Å². The summed E-state index contributed by atoms with van der Waals surface area (Å²) in [6, 6.07) is 7.31. The second kappa shape index (κ2) is 6.72. The molecule has 2 rings (SSSR count). The van der Waals surface area contributed by atoms with Gasteiger partial charge in [-0.3, -0.25) is 9.59 Å². The molecule has 0 bridgehead atoms. The van der Waals surface area contributed by atoms with Crippen LogP contribution in [0.5, 0.6) is 0 Å². The number of morpholine rings is 1. The monoisotopic (exact) mass is 297 g/mol. The Kier molecular flexibility index (Phi) is 4.98. The van der Waals surface area contributed by atoms with Crippen molar-refractivity contribution in [2.45, 2.75) is 25.5 Å². The second-order valence-corrected chi connectivity index (χ2v) is 5.20. The largest absolute Gasteiger partial charge is 0.481 e. The summed E-state index contributed by atoms with van der Waals surface area (Å²) in [6.45, 7) is 0.926. The number of benzene rings is 1. The van der Waals surface area contributed by atoms with E-state index < -0.39 is 5.97 Å². The number of halogens is 1. The van der Waals surface area contributed by atoms with Crippen LogP contribution < -0.4 is 0 Å². The lowest BCUT2D eigenvalue weighted by molar-refractivity contribution is -0.150. The lowest BCUT2D eigenvalue weighted by atomic mass is 10.1. The van der Waals surface area contributed by atoms with Crippen molar-refractivity contribution in [2.75, 3.05) is 13.2 Å². The predicted molar refractivity (Wildman–Crippen MR) is 73.5 cm³/mol. The molecule has 1 aliphatic rings. The van der Waals surface area contributed by atoms with Gasteiger partial charge in [0.2, 0.25) is 5.91 Å². The highest BCUT2D eigenvalue weighted by atomic mass is 35.5. The molecule has 1 aliphatic heterocycles. The summed E-state index contributed by atoms with van der Waals surface area (Å²) in [6.07, 6.45) is 0.254. The van der Waals surface area contributed by atoms with Crippen LogP contribution in [0.25, 0.3) is 0 Å². The zero-order valence-electron chi connectivity index (χ0n) is 10.9. The molecule has 1 heterocycles. The maximum absolute atomic E-state index is 11.8. The van der Waals surface area contributed by atoms with Gasteiger partial charge in [-0.2, -0.15) is 0 Å². The Morgan fingerprint density at radius 2 is 2.10 bits per heavy atom. The molecule has 1 unspecified atom stereocenters. The van der Waals surface area contributed by atoms with E-state index in [1.165, 1.54) is 0 Å². The summed E-state index contributed by atoms with van der Waals surface area (Å²) in [5, 5.41) is 9.33. The van der Waals surface area contributed by atoms with Gasteiger partial charge in [0, 0.05) is 24.5 Å². The zero-order valence-corrected chi connectivity index (χ0v) is 11.7. The van der Waals surface area contributed by atoms with E-state index >= 15 is 0 Å². The Morgan fingerprint density at radius 3 is 2.75 bits per heavy atom. The first-order chi connectivity index (χ1) is 9.54. The summed E-state index contributed by atoms with van der Waals surface area (Å²) in [5.41, 5.74) is 0.988. The van der Waals surface area contributed by atoms with Crippen molar-refractivity contribution in [3.8, 4) is 0 Å². The fraction of sp³-hybridized carbons (Fsp3) is 0.429. The first-order valence-corrected chi connectivity index (χ1v) is 6.78. The van der Waals surface area contributed by atoms with E-state index in [4.69, 9.17) is 21.4 Å². The van der Waals surface area contributed by atoms with Gasteiger partial charge in [-0.25, -0.2) is 0 Å². The van der Waals surface area contributed by atoms with Crippen LogP contribution in [0.3, 0.4) is 0 Å². The number of aliphatic carboxylic acids is 1. The number of ether oxygens (including phenoxy) is 1. The summed E-state index contributed by atoms with van der Waals surface area (Å²) >= 11 is 5.82. The topological polar surface area (TPSA) is 66.8 Å². The summed E-state index contributed by atoms with van der Waals surface area (Å²) in [4.78, 5) is 24.1. The normalized spacial score (nSPS) is 19.1. The lowest BCUT2D eigenvalue weighted by Crippen LogP contribution is -2.46. The van der Waals surface area contributed by atoms with Crippen molar-refractivity contribution >= 4 is 23.5 Å². The molecular formula is C14H16ClNO4. The fourth-order valence-corrected chi connectivity index (χ4v) is 2.23. The quantitative estimate of drug-likeness (QED) is 0.902. The first kappa shape index (κ1) is 14.8. The number of carboxylic acids is 1. The molecule has 1 N–H and O–H groups in total. The number of nitrogens with zero attached hydrogens (tertiary/aromatic N) is 1. The first-order valence-electron chi connectivity index (χ1n) is 6.40. The van der Waals surface area contributed by atoms with E-state index in [2.05, 4.69) is 0 Å². The van der Waals surface area contributed by atoms with Crippen molar-refractivity contribution < 1.29 is 19.4 Å². The van der Waals surface area contributed by atoms with Gasteiger partial charge in [-0.15, -0.1) is 0 Å². The molecule has 1 atom stereocenters. The highest BCUT2D eigenvalue weighted by Gasteiger charge is 2.26. The lowest BCUT2D eigenvalue weighted by Gasteiger charge is -2.32. The number of hydrogen-bond donors (Lipinski definition) is 1. The standard InChI is InChI=1S/C14H16ClNO4/c15-11-3-1-10(2-4-11)7-16-8-12(5-6-14(18)19)20-9-13(16)17/h1-4,12H,5-9H2,(H,18,19). The Labute approximate surface area is 122 Å². The van der Waals surface area contributed by atoms with E-state index in [1.54, 1.807) is 17.0 Å². The maximum atomic E-state index is 11.8. The SMILES string of the molecule is O=C(O)CCC1CN(Cc2ccc(Cl)cc2)C(=O)CO1. The third kappa shape index (κ3) is 4.21. The Balaban J connectivity index is 1.93. The molecule has 1 saturated heterocycles. The minimum absolute atomic E-state index is 0.0118. The van der Waals surface area contributed by atoms with Crippen molar-refractivity contribution in [1.29, 1.82) is 0 Å². The number of rotatable bonds is 5. The van der Waals surface area contributed by atoms with E-state index in [0.29, 0.717) is 24.5 Å². The Hall–Kier alpha value is -1.59. The summed E-state index contributed by atoms with van der Waals surface area (Å²) in [5.74, 6) is -0.929. The van der Waals surface area contributed by atoms with E-state index in [1.807, 2.05) is 12.1 Å². The molecule has 1 fully saturated rings. The molecule has 20 heavy (non-hydrogen) atoms. The number of carbonyl (C=O) groups is 2. The van der Waals surface area contributed by atoms with Crippen LogP contribution >= 0.6 is 11.6 Å². The second-order valence-electron chi connectivity index (χ2n) is 4.77. The van der Waals surface area contributed by atoms with E-state index in [0.717, 1.165) is 5.56 Å². The molecule has 0 aromatic heterocycles. The van der Waals surface area contributed by atoms with Crippen LogP contribution in [0.4, 0.5) is 0 Å². The molecule has 0 spiro atoms. The van der Waals surface area contributed by atoms with Crippen molar-refractivity contribution in [3.63, 3.8) is 0 Å². The number of carbonyl (C=O) groups excluding carboxylic acids is 1. The van der Waals surface area contributed by atoms with Gasteiger partial charge >= 0.3 is 5.97 Å². The van der Waals surface area contributed by atoms with Crippen LogP contribution in [0, 0.1) is 0 Å². The summed E-state index contributed by atoms with van der Waals surface area (Å²) < 4.78 is 5.35. The highest BCUT2D eigenvalue weighted by Crippen LogP contribution is 2.16. The van der Waals surface area contributed by atoms with Crippen LogP contribution in [0.1, 0.15) is 18.4 Å². The number of hydrogen-bond acceptors (Lipinski definition) is 3. The smallest absolute Gasteiger partial charge is 0.303 e. The average Bonchev–Trinajstić information content (AvgIpc) is 2.42. The Morgan fingerprint density at radius 1 is 1.40 bits per heavy atom. The minimum atomic E-state index is -0.852. The minimum Gasteiger partial charge on any atom is -0.481 e. The molecule has 1 aromatic carbocycles. The zero-order chi connectivity index (χ0) is 14.5. The molecule has 1 amide bonds. The van der Waals surface area contributed by atoms with Gasteiger partial charge in [0.25, 0.3) is 0 Å². The van der Waals surface area contributed by atoms with Crippen LogP contribution in [0.15, 0.2) is 24.3 Å². The molecule has 0 saturated carbocycles. The van der Waals surface area contributed by atoms with Crippen molar-refractivity contribution in [3.05, 3.63) is 34.9 Å². The van der Waals surface area contributed by atoms with Gasteiger partial charge in [0.05, 0.1) is 6.10 Å². The van der Waals surface area contributed by atoms with Crippen LogP contribution in [-0.2, 0) is 20.9 Å². The van der Waals surface area contributed by atoms with Crippen LogP contribution in [-0.4, -0.2) is 41.1 Å². The number of carboxylic acid groups (broad SMARTS) is 1. The molecule has 5 nitrogen and oxygen atoms in total. The van der Waals surface area contributed by atoms with Gasteiger partial charge in [0.15, 0.2) is 0 Å². The predicted octanol–water partition coefficient (Wildman–Crippen LogP) is 1.93. The van der Waals surface area contributed by atoms with Gasteiger partial charge in [-0.05, 0) is 24.1 Å². The fourth-order valence-electron chi connectivity index (χ4n) is 2.10. The molecule has 0 radical (unpaired) electrons. The van der Waals surface area contributed by atoms with Gasteiger partial charge < -0.3 is 14.7 Å².